The molecule has 1 aliphatic carbocycles. The number of aryl methyl sites for hydroxylation is 1. The van der Waals surface area contributed by atoms with Crippen LogP contribution in [0.25, 0.3) is 0 Å². The normalized spacial score (nSPS) is 13.0. The number of nitrogens with zero attached hydrogens (tertiary/aromatic N) is 1. The summed E-state index contributed by atoms with van der Waals surface area (Å²) in [4.78, 5) is 40.4. The quantitative estimate of drug-likeness (QED) is 0.468. The molecule has 1 aromatic heterocycles. The van der Waals surface area contributed by atoms with Crippen molar-refractivity contribution in [2.75, 3.05) is 23.3 Å². The van der Waals surface area contributed by atoms with E-state index in [1.54, 1.807) is 12.1 Å². The van der Waals surface area contributed by atoms with Crippen LogP contribution in [-0.4, -0.2) is 30.8 Å². The molecule has 1 heterocycles. The number of hydrogen-bond acceptors (Lipinski definition) is 5. The summed E-state index contributed by atoms with van der Waals surface area (Å²) >= 11 is 1.46. The lowest BCUT2D eigenvalue weighted by molar-refractivity contribution is -0.119. The monoisotopic (exact) mass is 442 g/mol. The topological polar surface area (TPSA) is 90.5 Å². The molecule has 0 atom stereocenters. The molecule has 1 aromatic carbocycles. The molecule has 7 nitrogen and oxygen atoms in total. The smallest absolute Gasteiger partial charge is 0.272 e. The van der Waals surface area contributed by atoms with Crippen molar-refractivity contribution in [1.29, 1.82) is 0 Å². The number of nitrogens with one attached hydrogen (secondary N) is 3. The summed E-state index contributed by atoms with van der Waals surface area (Å²) in [5, 5.41) is 3.48. The fraction of sp³-hybridized carbons (Fsp3) is 0.435. The van der Waals surface area contributed by atoms with Gasteiger partial charge in [0.2, 0.25) is 5.91 Å². The van der Waals surface area contributed by atoms with Crippen molar-refractivity contribution in [1.82, 2.24) is 10.9 Å². The Balaban J connectivity index is 1.85. The van der Waals surface area contributed by atoms with Crippen LogP contribution < -0.4 is 21.1 Å². The SMILES string of the molecule is CCN(CC)c1ccc(C(=O)Nc2sc3c(c2C(=O)NNC(C)=O)CCCCC3)cc1. The molecule has 1 aliphatic rings. The number of carbonyl (C=O) groups excluding carboxylic acids is 3. The maximum Gasteiger partial charge on any atom is 0.272 e. The van der Waals surface area contributed by atoms with Crippen molar-refractivity contribution in [3.63, 3.8) is 0 Å². The molecule has 166 valence electrons. The number of hydrogen-bond donors (Lipinski definition) is 3. The molecule has 0 aliphatic heterocycles. The second-order valence-corrected chi connectivity index (χ2v) is 8.68. The highest BCUT2D eigenvalue weighted by molar-refractivity contribution is 7.17. The highest BCUT2D eigenvalue weighted by Crippen LogP contribution is 2.37. The molecule has 0 saturated carbocycles. The predicted molar refractivity (Wildman–Crippen MR) is 125 cm³/mol. The number of amides is 3. The van der Waals surface area contributed by atoms with Crippen molar-refractivity contribution >= 4 is 39.7 Å². The Morgan fingerprint density at radius 3 is 2.26 bits per heavy atom. The van der Waals surface area contributed by atoms with E-state index < -0.39 is 5.91 Å². The Hall–Kier alpha value is -2.87. The number of hydrazine groups is 1. The number of thiophene rings is 1. The van der Waals surface area contributed by atoms with Crippen LogP contribution in [0.5, 0.6) is 0 Å². The van der Waals surface area contributed by atoms with Crippen LogP contribution in [0.1, 0.15) is 71.2 Å². The van der Waals surface area contributed by atoms with E-state index in [1.165, 1.54) is 18.3 Å². The van der Waals surface area contributed by atoms with Gasteiger partial charge in [-0.2, -0.15) is 0 Å². The molecular formula is C23H30N4O3S. The van der Waals surface area contributed by atoms with Crippen molar-refractivity contribution < 1.29 is 14.4 Å². The first kappa shape index (κ1) is 22.8. The largest absolute Gasteiger partial charge is 0.372 e. The standard InChI is InChI=1S/C23H30N4O3S/c1-4-27(5-2)17-13-11-16(12-14-17)21(29)24-23-20(22(30)26-25-15(3)28)18-9-7-6-8-10-19(18)31-23/h11-14H,4-10H2,1-3H3,(H,24,29)(H,25,28)(H,26,30). The number of rotatable bonds is 6. The molecule has 0 saturated heterocycles. The summed E-state index contributed by atoms with van der Waals surface area (Å²) in [6, 6.07) is 7.49. The van der Waals surface area contributed by atoms with Crippen LogP contribution in [0.2, 0.25) is 0 Å². The molecule has 0 unspecified atom stereocenters. The molecule has 2 aromatic rings. The third kappa shape index (κ3) is 5.44. The summed E-state index contributed by atoms with van der Waals surface area (Å²) in [5.41, 5.74) is 7.85. The molecule has 31 heavy (non-hydrogen) atoms. The van der Waals surface area contributed by atoms with E-state index >= 15 is 0 Å². The van der Waals surface area contributed by atoms with Crippen LogP contribution in [0, 0.1) is 0 Å². The summed E-state index contributed by atoms with van der Waals surface area (Å²) < 4.78 is 0. The fourth-order valence-corrected chi connectivity index (χ4v) is 5.15. The zero-order valence-electron chi connectivity index (χ0n) is 18.3. The second-order valence-electron chi connectivity index (χ2n) is 7.58. The fourth-order valence-electron chi connectivity index (χ4n) is 3.87. The van der Waals surface area contributed by atoms with Crippen molar-refractivity contribution in [3.8, 4) is 0 Å². The Bertz CT molecular complexity index is 948. The van der Waals surface area contributed by atoms with Crippen molar-refractivity contribution in [2.45, 2.75) is 52.9 Å². The van der Waals surface area contributed by atoms with Gasteiger partial charge >= 0.3 is 0 Å². The van der Waals surface area contributed by atoms with Crippen LogP contribution >= 0.6 is 11.3 Å². The van der Waals surface area contributed by atoms with Gasteiger partial charge in [-0.3, -0.25) is 25.2 Å². The van der Waals surface area contributed by atoms with E-state index in [-0.39, 0.29) is 11.8 Å². The average molecular weight is 443 g/mol. The minimum absolute atomic E-state index is 0.254. The number of anilines is 2. The first-order valence-electron chi connectivity index (χ1n) is 10.8. The van der Waals surface area contributed by atoms with Gasteiger partial charge in [-0.1, -0.05) is 6.42 Å². The average Bonchev–Trinajstić information content (AvgIpc) is 2.93. The Morgan fingerprint density at radius 2 is 1.61 bits per heavy atom. The molecule has 3 amide bonds. The molecule has 0 radical (unpaired) electrons. The highest BCUT2D eigenvalue weighted by Gasteiger charge is 2.26. The van der Waals surface area contributed by atoms with Gasteiger partial charge in [0.15, 0.2) is 0 Å². The van der Waals surface area contributed by atoms with Crippen LogP contribution in [0.3, 0.4) is 0 Å². The van der Waals surface area contributed by atoms with Gasteiger partial charge in [0.1, 0.15) is 5.00 Å². The molecule has 3 rings (SSSR count). The number of benzene rings is 1. The first-order valence-corrected chi connectivity index (χ1v) is 11.6. The maximum atomic E-state index is 12.9. The third-order valence-corrected chi connectivity index (χ3v) is 6.69. The van der Waals surface area contributed by atoms with E-state index in [0.717, 1.165) is 61.3 Å². The maximum absolute atomic E-state index is 12.9. The summed E-state index contributed by atoms with van der Waals surface area (Å²) in [6.07, 6.45) is 4.89. The lowest BCUT2D eigenvalue weighted by atomic mass is 10.0. The molecular weight excluding hydrogens is 412 g/mol. The van der Waals surface area contributed by atoms with Gasteiger partial charge in [0, 0.05) is 36.1 Å². The lowest BCUT2D eigenvalue weighted by Crippen LogP contribution is -2.40. The third-order valence-electron chi connectivity index (χ3n) is 5.49. The second kappa shape index (κ2) is 10.4. The Kier molecular flexibility index (Phi) is 7.68. The molecule has 3 N–H and O–H groups in total. The summed E-state index contributed by atoms with van der Waals surface area (Å²) in [6.45, 7) is 7.32. The van der Waals surface area contributed by atoms with E-state index in [2.05, 4.69) is 34.9 Å². The van der Waals surface area contributed by atoms with E-state index in [1.807, 2.05) is 12.1 Å². The lowest BCUT2D eigenvalue weighted by Gasteiger charge is -2.21. The van der Waals surface area contributed by atoms with E-state index in [9.17, 15) is 14.4 Å². The summed E-state index contributed by atoms with van der Waals surface area (Å²) in [7, 11) is 0. The molecule has 0 bridgehead atoms. The molecule has 0 spiro atoms. The number of fused-ring (bicyclic) bond motifs is 1. The van der Waals surface area contributed by atoms with Gasteiger partial charge in [-0.25, -0.2) is 0 Å². The van der Waals surface area contributed by atoms with Crippen molar-refractivity contribution in [3.05, 3.63) is 45.8 Å². The highest BCUT2D eigenvalue weighted by atomic mass is 32.1. The number of carbonyl (C=O) groups is 3. The van der Waals surface area contributed by atoms with Gasteiger partial charge in [0.05, 0.1) is 5.56 Å². The van der Waals surface area contributed by atoms with Gasteiger partial charge in [0.25, 0.3) is 11.8 Å². The molecule has 8 heteroatoms. The summed E-state index contributed by atoms with van der Waals surface area (Å²) in [5.74, 6) is -1.01. The predicted octanol–water partition coefficient (Wildman–Crippen LogP) is 3.90. The zero-order chi connectivity index (χ0) is 22.4. The van der Waals surface area contributed by atoms with E-state index in [0.29, 0.717) is 16.1 Å². The van der Waals surface area contributed by atoms with Crippen molar-refractivity contribution in [2.24, 2.45) is 0 Å². The van der Waals surface area contributed by atoms with Gasteiger partial charge in [-0.05, 0) is 69.4 Å². The van der Waals surface area contributed by atoms with Gasteiger partial charge in [-0.15, -0.1) is 11.3 Å². The zero-order valence-corrected chi connectivity index (χ0v) is 19.2. The first-order chi connectivity index (χ1) is 14.9. The van der Waals surface area contributed by atoms with Crippen LogP contribution in [0.15, 0.2) is 24.3 Å². The van der Waals surface area contributed by atoms with Crippen LogP contribution in [0.4, 0.5) is 10.7 Å². The van der Waals surface area contributed by atoms with Gasteiger partial charge < -0.3 is 10.2 Å². The minimum Gasteiger partial charge on any atom is -0.372 e. The molecule has 0 fully saturated rings. The Morgan fingerprint density at radius 1 is 0.935 bits per heavy atom. The Labute approximate surface area is 187 Å². The van der Waals surface area contributed by atoms with E-state index in [4.69, 9.17) is 0 Å². The minimum atomic E-state index is -0.401. The van der Waals surface area contributed by atoms with Crippen LogP contribution in [-0.2, 0) is 17.6 Å².